The monoisotopic (exact) mass is 540 g/mol. The van der Waals surface area contributed by atoms with Crippen molar-refractivity contribution in [3.8, 4) is 0 Å². The Balaban J connectivity index is 0.000000168. The number of carboxylic acid groups (broad SMARTS) is 2. The molecule has 4 aromatic carbocycles. The molecule has 8 nitrogen and oxygen atoms in total. The van der Waals surface area contributed by atoms with Gasteiger partial charge in [-0.25, -0.2) is 0 Å². The zero-order valence-corrected chi connectivity index (χ0v) is 22.2. The molecule has 0 radical (unpaired) electrons. The van der Waals surface area contributed by atoms with Gasteiger partial charge in [0.15, 0.2) is 10.9 Å². The molecule has 0 saturated carbocycles. The number of aromatic amines is 2. The maximum Gasteiger partial charge on any atom is 2.00 e. The smallest absolute Gasteiger partial charge is 0.543 e. The first-order valence-electron chi connectivity index (χ1n) is 10.9. The van der Waals surface area contributed by atoms with Crippen LogP contribution in [0.5, 0.6) is 0 Å². The number of rotatable bonds is 2. The number of fused-ring (bicyclic) bond motifs is 6. The van der Waals surface area contributed by atoms with Gasteiger partial charge in [0.1, 0.15) is 0 Å². The van der Waals surface area contributed by atoms with E-state index in [1.54, 1.807) is 24.3 Å². The molecule has 176 valence electrons. The largest absolute Gasteiger partial charge is 2.00 e. The number of benzene rings is 4. The molecule has 2 heterocycles. The second-order valence-corrected chi connectivity index (χ2v) is 8.09. The number of aromatic nitrogens is 2. The van der Waals surface area contributed by atoms with Gasteiger partial charge in [-0.05, 0) is 45.8 Å². The molecule has 0 bridgehead atoms. The SMILES string of the molecule is O=C([O-])c1ccc2ccc3cccc(=O)c3c2[nH]1.O=C([O-])c1ccc2ccc3cccc(=O)c3c2[nH]1.[Zn+2]. The van der Waals surface area contributed by atoms with E-state index in [0.717, 1.165) is 21.5 Å². The van der Waals surface area contributed by atoms with Crippen LogP contribution in [0.3, 0.4) is 0 Å². The van der Waals surface area contributed by atoms with E-state index in [1.807, 2.05) is 36.4 Å². The van der Waals surface area contributed by atoms with Crippen molar-refractivity contribution >= 4 is 55.3 Å². The zero-order chi connectivity index (χ0) is 25.4. The van der Waals surface area contributed by atoms with Crippen LogP contribution in [0.1, 0.15) is 21.0 Å². The van der Waals surface area contributed by atoms with Crippen molar-refractivity contribution in [2.24, 2.45) is 0 Å². The van der Waals surface area contributed by atoms with E-state index >= 15 is 0 Å². The van der Waals surface area contributed by atoms with Gasteiger partial charge in [-0.3, -0.25) is 9.59 Å². The Kier molecular flexibility index (Phi) is 7.00. The molecule has 0 aliphatic carbocycles. The topological polar surface area (TPSA) is 146 Å². The van der Waals surface area contributed by atoms with Crippen LogP contribution < -0.4 is 21.1 Å². The molecule has 0 aliphatic heterocycles. The number of carboxylic acids is 2. The zero-order valence-electron chi connectivity index (χ0n) is 19.2. The number of H-pyrrole nitrogens is 2. The number of carbonyl (C=O) groups is 2. The van der Waals surface area contributed by atoms with Crippen molar-refractivity contribution < 1.29 is 39.3 Å². The molecule has 9 heteroatoms. The third-order valence-corrected chi connectivity index (χ3v) is 5.90. The summed E-state index contributed by atoms with van der Waals surface area (Å²) in [5.41, 5.74) is 0.700. The fourth-order valence-corrected chi connectivity index (χ4v) is 4.21. The van der Waals surface area contributed by atoms with Gasteiger partial charge in [0.2, 0.25) is 0 Å². The van der Waals surface area contributed by atoms with Crippen molar-refractivity contribution in [3.05, 3.63) is 117 Å². The van der Waals surface area contributed by atoms with E-state index in [0.29, 0.717) is 21.8 Å². The van der Waals surface area contributed by atoms with Gasteiger partial charge in [-0.2, -0.15) is 0 Å². The van der Waals surface area contributed by atoms with Crippen LogP contribution in [0.15, 0.2) is 94.5 Å². The molecule has 6 rings (SSSR count). The molecule has 0 spiro atoms. The first-order chi connectivity index (χ1) is 17.3. The fraction of sp³-hybridized carbons (Fsp3) is 0. The van der Waals surface area contributed by atoms with Crippen LogP contribution in [0.4, 0.5) is 0 Å². The van der Waals surface area contributed by atoms with E-state index < -0.39 is 11.9 Å². The quantitative estimate of drug-likeness (QED) is 0.253. The molecule has 0 amide bonds. The minimum atomic E-state index is -1.29. The molecule has 0 unspecified atom stereocenters. The van der Waals surface area contributed by atoms with E-state index in [2.05, 4.69) is 9.97 Å². The Morgan fingerprint density at radius 3 is 1.24 bits per heavy atom. The summed E-state index contributed by atoms with van der Waals surface area (Å²) >= 11 is 0. The van der Waals surface area contributed by atoms with Gasteiger partial charge in [-0.15, -0.1) is 0 Å². The van der Waals surface area contributed by atoms with Crippen LogP contribution >= 0.6 is 0 Å². The average molecular weight is 542 g/mol. The van der Waals surface area contributed by atoms with Gasteiger partial charge in [0.25, 0.3) is 0 Å². The van der Waals surface area contributed by atoms with Crippen LogP contribution in [0, 0.1) is 0 Å². The predicted octanol–water partition coefficient (Wildman–Crippen LogP) is 2.09. The second-order valence-electron chi connectivity index (χ2n) is 8.09. The van der Waals surface area contributed by atoms with Crippen molar-refractivity contribution in [2.75, 3.05) is 0 Å². The van der Waals surface area contributed by atoms with E-state index in [1.165, 1.54) is 24.3 Å². The molecule has 2 aromatic heterocycles. The second kappa shape index (κ2) is 10.2. The standard InChI is InChI=1S/2C14H9NO3.Zn/c2*16-11-3-1-2-8-4-5-9-6-7-10(14(17)18)15-13(9)12(8)11;/h2*1-7,15H,(H,17,18);/q;;+2/p-2. The number of pyridine rings is 2. The summed E-state index contributed by atoms with van der Waals surface area (Å²) in [5.74, 6) is -2.59. The van der Waals surface area contributed by atoms with Crippen LogP contribution in [0.25, 0.3) is 43.4 Å². The minimum absolute atomic E-state index is 0. The number of hydrogen-bond donors (Lipinski definition) is 2. The summed E-state index contributed by atoms with van der Waals surface area (Å²) in [7, 11) is 0. The number of nitrogens with one attached hydrogen (secondary N) is 2. The fourth-order valence-electron chi connectivity index (χ4n) is 4.21. The first kappa shape index (κ1) is 25.5. The molecular formula is C28H16N2O6Zn. The van der Waals surface area contributed by atoms with E-state index in [9.17, 15) is 29.4 Å². The van der Waals surface area contributed by atoms with Gasteiger partial charge in [0.05, 0.1) is 45.1 Å². The Labute approximate surface area is 221 Å². The predicted molar refractivity (Wildman–Crippen MR) is 133 cm³/mol. The number of hydrogen-bond acceptors (Lipinski definition) is 6. The van der Waals surface area contributed by atoms with Crippen molar-refractivity contribution in [1.82, 2.24) is 9.97 Å². The molecule has 2 N–H and O–H groups in total. The average Bonchev–Trinajstić information content (AvgIpc) is 2.88. The maximum absolute atomic E-state index is 11.9. The molecule has 0 aliphatic rings. The molecule has 0 atom stereocenters. The normalized spacial score (nSPS) is 10.6. The minimum Gasteiger partial charge on any atom is -0.543 e. The summed E-state index contributed by atoms with van der Waals surface area (Å²) in [6.45, 7) is 0. The van der Waals surface area contributed by atoms with Crippen LogP contribution in [-0.4, -0.2) is 21.9 Å². The molecule has 0 saturated heterocycles. The molecule has 37 heavy (non-hydrogen) atoms. The molecule has 0 fully saturated rings. The van der Waals surface area contributed by atoms with Crippen LogP contribution in [-0.2, 0) is 19.5 Å². The maximum atomic E-state index is 11.9. The summed E-state index contributed by atoms with van der Waals surface area (Å²) in [5, 5.41) is 25.8. The Bertz CT molecular complexity index is 1820. The number of carbonyl (C=O) groups excluding carboxylic acids is 2. The summed E-state index contributed by atoms with van der Waals surface area (Å²) in [6, 6.07) is 23.4. The first-order valence-corrected chi connectivity index (χ1v) is 10.9. The van der Waals surface area contributed by atoms with E-state index in [-0.39, 0.29) is 41.7 Å². The molecular weight excluding hydrogens is 526 g/mol. The third kappa shape index (κ3) is 4.77. The third-order valence-electron chi connectivity index (χ3n) is 5.90. The Morgan fingerprint density at radius 1 is 0.514 bits per heavy atom. The number of aromatic carboxylic acids is 2. The summed E-state index contributed by atoms with van der Waals surface area (Å²) < 4.78 is 0. The van der Waals surface area contributed by atoms with Gasteiger partial charge in [0, 0.05) is 0 Å². The van der Waals surface area contributed by atoms with E-state index in [4.69, 9.17) is 0 Å². The van der Waals surface area contributed by atoms with Crippen molar-refractivity contribution in [2.45, 2.75) is 0 Å². The van der Waals surface area contributed by atoms with Gasteiger partial charge < -0.3 is 29.8 Å². The van der Waals surface area contributed by atoms with Crippen molar-refractivity contribution in [3.63, 3.8) is 0 Å². The Hall–Kier alpha value is -4.62. The summed E-state index contributed by atoms with van der Waals surface area (Å²) in [6.07, 6.45) is 0. The van der Waals surface area contributed by atoms with Gasteiger partial charge >= 0.3 is 19.5 Å². The van der Waals surface area contributed by atoms with Crippen molar-refractivity contribution in [1.29, 1.82) is 0 Å². The van der Waals surface area contributed by atoms with Crippen LogP contribution in [0.2, 0.25) is 0 Å². The summed E-state index contributed by atoms with van der Waals surface area (Å²) in [4.78, 5) is 51.0. The Morgan fingerprint density at radius 2 is 0.865 bits per heavy atom. The van der Waals surface area contributed by atoms with Gasteiger partial charge in [-0.1, -0.05) is 60.7 Å². The molecule has 6 aromatic rings.